The molecule has 0 saturated heterocycles. The maximum absolute atomic E-state index is 12.9. The molecule has 4 aromatic rings. The van der Waals surface area contributed by atoms with Crippen LogP contribution in [0.4, 0.5) is 5.69 Å². The van der Waals surface area contributed by atoms with Gasteiger partial charge >= 0.3 is 0 Å². The highest BCUT2D eigenvalue weighted by Crippen LogP contribution is 2.38. The molecule has 5 nitrogen and oxygen atoms in total. The Labute approximate surface area is 161 Å². The van der Waals surface area contributed by atoms with Crippen LogP contribution in [0.2, 0.25) is 0 Å². The molecule has 0 aliphatic heterocycles. The molecule has 0 fully saturated rings. The summed E-state index contributed by atoms with van der Waals surface area (Å²) in [4.78, 5) is 9.25. The van der Waals surface area contributed by atoms with Crippen LogP contribution >= 0.6 is 11.3 Å². The first kappa shape index (κ1) is 17.9. The third-order valence-electron chi connectivity index (χ3n) is 4.50. The number of fused-ring (bicyclic) bond motifs is 2. The quantitative estimate of drug-likeness (QED) is 0.495. The zero-order valence-corrected chi connectivity index (χ0v) is 16.5. The van der Waals surface area contributed by atoms with Gasteiger partial charge in [-0.15, -0.1) is 11.3 Å². The molecule has 0 spiro atoms. The highest BCUT2D eigenvalue weighted by atomic mass is 32.2. The fraction of sp³-hybridized carbons (Fsp3) is 0.200. The van der Waals surface area contributed by atoms with Crippen molar-refractivity contribution < 1.29 is 8.42 Å². The van der Waals surface area contributed by atoms with Crippen LogP contribution in [0.25, 0.3) is 31.7 Å². The second-order valence-corrected chi connectivity index (χ2v) is 9.47. The van der Waals surface area contributed by atoms with Crippen molar-refractivity contribution in [2.45, 2.75) is 24.7 Å². The van der Waals surface area contributed by atoms with Crippen LogP contribution in [0.15, 0.2) is 53.6 Å². The van der Waals surface area contributed by atoms with Crippen molar-refractivity contribution in [1.29, 1.82) is 0 Å². The molecular formula is C20H19N3O2S2. The van der Waals surface area contributed by atoms with E-state index < -0.39 is 9.84 Å². The van der Waals surface area contributed by atoms with E-state index in [-0.39, 0.29) is 16.3 Å². The van der Waals surface area contributed by atoms with Crippen molar-refractivity contribution in [2.75, 3.05) is 11.5 Å². The van der Waals surface area contributed by atoms with Gasteiger partial charge in [-0.2, -0.15) is 0 Å². The van der Waals surface area contributed by atoms with Crippen molar-refractivity contribution in [3.8, 4) is 10.6 Å². The summed E-state index contributed by atoms with van der Waals surface area (Å²) in [6, 6.07) is 13.3. The number of anilines is 1. The fourth-order valence-electron chi connectivity index (χ4n) is 3.15. The van der Waals surface area contributed by atoms with Crippen molar-refractivity contribution in [2.24, 2.45) is 0 Å². The van der Waals surface area contributed by atoms with E-state index in [4.69, 9.17) is 10.7 Å². The molecule has 0 radical (unpaired) electrons. The molecular weight excluding hydrogens is 378 g/mol. The Balaban J connectivity index is 1.94. The summed E-state index contributed by atoms with van der Waals surface area (Å²) < 4.78 is 26.5. The molecule has 0 aliphatic rings. The predicted molar refractivity (Wildman–Crippen MR) is 112 cm³/mol. The van der Waals surface area contributed by atoms with Crippen molar-refractivity contribution in [1.82, 2.24) is 9.97 Å². The van der Waals surface area contributed by atoms with E-state index in [1.807, 2.05) is 43.3 Å². The van der Waals surface area contributed by atoms with Gasteiger partial charge in [-0.3, -0.25) is 4.98 Å². The first-order valence-electron chi connectivity index (χ1n) is 8.77. The van der Waals surface area contributed by atoms with Crippen LogP contribution in [-0.4, -0.2) is 24.1 Å². The van der Waals surface area contributed by atoms with E-state index in [0.29, 0.717) is 11.9 Å². The summed E-state index contributed by atoms with van der Waals surface area (Å²) >= 11 is 1.47. The van der Waals surface area contributed by atoms with E-state index in [1.165, 1.54) is 11.3 Å². The van der Waals surface area contributed by atoms with Gasteiger partial charge < -0.3 is 5.73 Å². The SMILES string of the molecule is CCCCS(=O)(=O)c1c(N)ccc2sc(-c3ccnc4ccccc34)nc12. The minimum atomic E-state index is -3.48. The van der Waals surface area contributed by atoms with Crippen LogP contribution < -0.4 is 5.73 Å². The number of sulfone groups is 1. The van der Waals surface area contributed by atoms with Gasteiger partial charge in [0.05, 0.1) is 21.7 Å². The summed E-state index contributed by atoms with van der Waals surface area (Å²) in [7, 11) is -3.48. The monoisotopic (exact) mass is 397 g/mol. The third-order valence-corrected chi connectivity index (χ3v) is 7.43. The Bertz CT molecular complexity index is 1240. The van der Waals surface area contributed by atoms with Gasteiger partial charge in [0.1, 0.15) is 15.4 Å². The molecule has 0 saturated carbocycles. The van der Waals surface area contributed by atoms with Gasteiger partial charge in [0.2, 0.25) is 0 Å². The van der Waals surface area contributed by atoms with Gasteiger partial charge in [0.15, 0.2) is 9.84 Å². The number of rotatable bonds is 5. The second kappa shape index (κ2) is 6.90. The predicted octanol–water partition coefficient (Wildman–Crippen LogP) is 4.67. The summed E-state index contributed by atoms with van der Waals surface area (Å²) in [6.07, 6.45) is 3.15. The molecule has 138 valence electrons. The molecule has 0 bridgehead atoms. The Morgan fingerprint density at radius 2 is 1.93 bits per heavy atom. The van der Waals surface area contributed by atoms with E-state index in [0.717, 1.165) is 32.6 Å². The number of benzene rings is 2. The van der Waals surface area contributed by atoms with Crippen molar-refractivity contribution >= 4 is 48.0 Å². The first-order chi connectivity index (χ1) is 13.0. The minimum absolute atomic E-state index is 0.0812. The molecule has 2 aromatic heterocycles. The number of aromatic nitrogens is 2. The Morgan fingerprint density at radius 3 is 2.74 bits per heavy atom. The number of thiazole rings is 1. The lowest BCUT2D eigenvalue weighted by Gasteiger charge is -2.07. The molecule has 2 heterocycles. The molecule has 2 N–H and O–H groups in total. The smallest absolute Gasteiger partial charge is 0.182 e. The number of pyridine rings is 1. The maximum atomic E-state index is 12.9. The van der Waals surface area contributed by atoms with Gasteiger partial charge in [-0.1, -0.05) is 31.5 Å². The maximum Gasteiger partial charge on any atom is 0.182 e. The zero-order valence-electron chi connectivity index (χ0n) is 14.8. The van der Waals surface area contributed by atoms with Gasteiger partial charge in [0, 0.05) is 17.1 Å². The van der Waals surface area contributed by atoms with Gasteiger partial charge in [0.25, 0.3) is 0 Å². The van der Waals surface area contributed by atoms with Crippen molar-refractivity contribution in [3.63, 3.8) is 0 Å². The largest absolute Gasteiger partial charge is 0.398 e. The third kappa shape index (κ3) is 3.17. The highest BCUT2D eigenvalue weighted by Gasteiger charge is 2.23. The Morgan fingerprint density at radius 1 is 1.11 bits per heavy atom. The number of nitrogens with two attached hydrogens (primary N) is 1. The number of hydrogen-bond acceptors (Lipinski definition) is 6. The molecule has 2 aromatic carbocycles. The lowest BCUT2D eigenvalue weighted by Crippen LogP contribution is -2.10. The minimum Gasteiger partial charge on any atom is -0.398 e. The molecule has 0 aliphatic carbocycles. The van der Waals surface area contributed by atoms with Crippen LogP contribution in [0.5, 0.6) is 0 Å². The van der Waals surface area contributed by atoms with E-state index in [9.17, 15) is 8.42 Å². The summed E-state index contributed by atoms with van der Waals surface area (Å²) in [5.41, 5.74) is 8.60. The average Bonchev–Trinajstić information content (AvgIpc) is 3.09. The zero-order chi connectivity index (χ0) is 19.0. The van der Waals surface area contributed by atoms with Crippen LogP contribution in [0.1, 0.15) is 19.8 Å². The topological polar surface area (TPSA) is 85.9 Å². The van der Waals surface area contributed by atoms with Crippen LogP contribution in [0, 0.1) is 0 Å². The highest BCUT2D eigenvalue weighted by molar-refractivity contribution is 7.91. The lowest BCUT2D eigenvalue weighted by atomic mass is 10.1. The lowest BCUT2D eigenvalue weighted by molar-refractivity contribution is 0.594. The number of para-hydroxylation sites is 1. The molecule has 4 rings (SSSR count). The van der Waals surface area contributed by atoms with Gasteiger partial charge in [-0.05, 0) is 30.7 Å². The second-order valence-electron chi connectivity index (χ2n) is 6.40. The molecule has 0 unspecified atom stereocenters. The van der Waals surface area contributed by atoms with E-state index >= 15 is 0 Å². The molecule has 27 heavy (non-hydrogen) atoms. The Kier molecular flexibility index (Phi) is 4.57. The fourth-order valence-corrected chi connectivity index (χ4v) is 5.97. The standard InChI is InChI=1S/C20H19N3O2S2/c1-2-3-12-27(24,25)19-15(21)8-9-17-18(19)23-20(26-17)14-10-11-22-16-7-5-4-6-13(14)16/h4-11H,2-3,12,21H2,1H3. The Hall–Kier alpha value is -2.51. The molecule has 0 amide bonds. The van der Waals surface area contributed by atoms with E-state index in [1.54, 1.807) is 12.3 Å². The number of nitrogens with zero attached hydrogens (tertiary/aromatic N) is 2. The molecule has 0 atom stereocenters. The normalized spacial score (nSPS) is 12.0. The summed E-state index contributed by atoms with van der Waals surface area (Å²) in [6.45, 7) is 1.97. The summed E-state index contributed by atoms with van der Waals surface area (Å²) in [5.74, 6) is 0.0812. The van der Waals surface area contributed by atoms with E-state index in [2.05, 4.69) is 4.98 Å². The van der Waals surface area contributed by atoms with Crippen LogP contribution in [0.3, 0.4) is 0 Å². The summed E-state index contributed by atoms with van der Waals surface area (Å²) in [5, 5.41) is 1.75. The average molecular weight is 398 g/mol. The van der Waals surface area contributed by atoms with Crippen LogP contribution in [-0.2, 0) is 9.84 Å². The molecule has 7 heteroatoms. The number of unbranched alkanes of at least 4 members (excludes halogenated alkanes) is 1. The number of hydrogen-bond donors (Lipinski definition) is 1. The first-order valence-corrected chi connectivity index (χ1v) is 11.2. The van der Waals surface area contributed by atoms with Gasteiger partial charge in [-0.25, -0.2) is 13.4 Å². The van der Waals surface area contributed by atoms with Crippen molar-refractivity contribution in [3.05, 3.63) is 48.7 Å². The number of nitrogen functional groups attached to an aromatic ring is 1.